The minimum absolute atomic E-state index is 0.161. The minimum atomic E-state index is -3.32. The van der Waals surface area contributed by atoms with E-state index in [1.807, 2.05) is 0 Å². The van der Waals surface area contributed by atoms with Crippen LogP contribution in [0.3, 0.4) is 0 Å². The zero-order valence-corrected chi connectivity index (χ0v) is 19.1. The molecular formula is C23H35N3O4S. The van der Waals surface area contributed by atoms with Crippen molar-refractivity contribution in [3.63, 3.8) is 0 Å². The number of sulfonamides is 1. The van der Waals surface area contributed by atoms with Crippen LogP contribution in [0.4, 0.5) is 4.79 Å². The van der Waals surface area contributed by atoms with Gasteiger partial charge in [-0.2, -0.15) is 0 Å². The van der Waals surface area contributed by atoms with Gasteiger partial charge in [0.25, 0.3) is 0 Å². The number of nitrogens with one attached hydrogen (secondary N) is 2. The number of likely N-dealkylation sites (tertiary alicyclic amines) is 1. The Morgan fingerprint density at radius 2 is 1.77 bits per heavy atom. The Morgan fingerprint density at radius 3 is 2.42 bits per heavy atom. The lowest BCUT2D eigenvalue weighted by Gasteiger charge is -2.42. The van der Waals surface area contributed by atoms with Gasteiger partial charge in [-0.05, 0) is 62.8 Å². The molecule has 2 atom stereocenters. The number of hydrogen-bond acceptors (Lipinski definition) is 4. The Bertz CT molecular complexity index is 836. The van der Waals surface area contributed by atoms with Gasteiger partial charge in [0.15, 0.2) is 0 Å². The van der Waals surface area contributed by atoms with E-state index in [1.54, 1.807) is 11.9 Å². The van der Waals surface area contributed by atoms with Gasteiger partial charge < -0.3 is 15.0 Å². The Morgan fingerprint density at radius 1 is 1.06 bits per heavy atom. The molecule has 0 aromatic heterocycles. The molecule has 0 bridgehead atoms. The van der Waals surface area contributed by atoms with Crippen LogP contribution < -0.4 is 10.0 Å². The summed E-state index contributed by atoms with van der Waals surface area (Å²) in [5, 5.41) is 2.43. The normalized spacial score (nSPS) is 29.5. The highest BCUT2D eigenvalue weighted by atomic mass is 32.2. The van der Waals surface area contributed by atoms with E-state index in [4.69, 9.17) is 4.74 Å². The standard InChI is InChI=1S/C23H35N3O4S/c1-24-23(27)26-15-5-8-21(25-31(28,29)20-13-14-20)22(26)16-30-19-11-9-18(10-12-19)17-6-3-2-4-7-17/h2-4,6-7,18-22,25H,5,8-16H2,1H3,(H,24,27)/t18?,19?,21-,22-/m0/s1. The molecule has 31 heavy (non-hydrogen) atoms. The van der Waals surface area contributed by atoms with Gasteiger partial charge in [-0.3, -0.25) is 0 Å². The van der Waals surface area contributed by atoms with Crippen LogP contribution in [0.5, 0.6) is 0 Å². The van der Waals surface area contributed by atoms with Crippen LogP contribution in [0.1, 0.15) is 62.8 Å². The smallest absolute Gasteiger partial charge is 0.317 e. The summed E-state index contributed by atoms with van der Waals surface area (Å²) in [4.78, 5) is 14.2. The number of nitrogens with zero attached hydrogens (tertiary/aromatic N) is 1. The third kappa shape index (κ3) is 5.59. The summed E-state index contributed by atoms with van der Waals surface area (Å²) >= 11 is 0. The first-order valence-corrected chi connectivity index (χ1v) is 13.2. The van der Waals surface area contributed by atoms with Crippen LogP contribution >= 0.6 is 0 Å². The maximum atomic E-state index is 12.6. The van der Waals surface area contributed by atoms with Gasteiger partial charge in [-0.1, -0.05) is 30.3 Å². The molecule has 1 aromatic carbocycles. The van der Waals surface area contributed by atoms with Gasteiger partial charge >= 0.3 is 6.03 Å². The van der Waals surface area contributed by atoms with Crippen LogP contribution in [0.25, 0.3) is 0 Å². The third-order valence-electron chi connectivity index (χ3n) is 6.98. The van der Waals surface area contributed by atoms with Crippen molar-refractivity contribution in [2.75, 3.05) is 20.2 Å². The predicted octanol–water partition coefficient (Wildman–Crippen LogP) is 2.98. The summed E-state index contributed by atoms with van der Waals surface area (Å²) in [6.07, 6.45) is 7.30. The molecule has 2 N–H and O–H groups in total. The SMILES string of the molecule is CNC(=O)N1CCC[C@H](NS(=O)(=O)C2CC2)[C@@H]1COC1CCC(c2ccccc2)CC1. The van der Waals surface area contributed by atoms with Crippen LogP contribution in [0, 0.1) is 0 Å². The fraction of sp³-hybridized carbons (Fsp3) is 0.696. The van der Waals surface area contributed by atoms with Crippen molar-refractivity contribution in [3.8, 4) is 0 Å². The van der Waals surface area contributed by atoms with Gasteiger partial charge in [-0.15, -0.1) is 0 Å². The van der Waals surface area contributed by atoms with Crippen molar-refractivity contribution >= 4 is 16.1 Å². The number of ether oxygens (including phenoxy) is 1. The van der Waals surface area contributed by atoms with Crippen molar-refractivity contribution in [2.45, 2.75) is 80.7 Å². The number of carbonyl (C=O) groups excluding carboxylic acids is 1. The number of carbonyl (C=O) groups is 1. The van der Waals surface area contributed by atoms with Crippen LogP contribution in [-0.4, -0.2) is 63.0 Å². The van der Waals surface area contributed by atoms with Gasteiger partial charge in [0.2, 0.25) is 10.0 Å². The fourth-order valence-electron chi connectivity index (χ4n) is 5.00. The number of piperidine rings is 1. The van der Waals surface area contributed by atoms with Crippen LogP contribution in [0.15, 0.2) is 30.3 Å². The van der Waals surface area contributed by atoms with Crippen molar-refractivity contribution in [1.29, 1.82) is 0 Å². The molecule has 0 unspecified atom stereocenters. The van der Waals surface area contributed by atoms with Gasteiger partial charge in [-0.25, -0.2) is 17.9 Å². The van der Waals surface area contributed by atoms with E-state index in [-0.39, 0.29) is 29.5 Å². The maximum Gasteiger partial charge on any atom is 0.317 e. The first-order chi connectivity index (χ1) is 15.0. The number of rotatable bonds is 7. The molecule has 3 aliphatic rings. The predicted molar refractivity (Wildman–Crippen MR) is 120 cm³/mol. The zero-order valence-electron chi connectivity index (χ0n) is 18.3. The molecule has 1 heterocycles. The summed E-state index contributed by atoms with van der Waals surface area (Å²) in [6, 6.07) is 9.89. The van der Waals surface area contributed by atoms with Crippen molar-refractivity contribution in [3.05, 3.63) is 35.9 Å². The Hall–Kier alpha value is -1.64. The van der Waals surface area contributed by atoms with Crippen LogP contribution in [0.2, 0.25) is 0 Å². The number of urea groups is 1. The first-order valence-electron chi connectivity index (χ1n) is 11.6. The summed E-state index contributed by atoms with van der Waals surface area (Å²) in [5.74, 6) is 0.580. The third-order valence-corrected chi connectivity index (χ3v) is 8.96. The zero-order chi connectivity index (χ0) is 21.8. The lowest BCUT2D eigenvalue weighted by atomic mass is 9.83. The van der Waals surface area contributed by atoms with Gasteiger partial charge in [0.05, 0.1) is 24.0 Å². The summed E-state index contributed by atoms with van der Waals surface area (Å²) in [5.41, 5.74) is 1.40. The average molecular weight is 450 g/mol. The lowest BCUT2D eigenvalue weighted by molar-refractivity contribution is -0.0172. The second-order valence-electron chi connectivity index (χ2n) is 9.14. The molecule has 1 aromatic rings. The molecule has 2 saturated carbocycles. The molecule has 2 amide bonds. The van der Waals surface area contributed by atoms with E-state index in [9.17, 15) is 13.2 Å². The Labute approximate surface area is 186 Å². The molecule has 4 rings (SSSR count). The van der Waals surface area contributed by atoms with Gasteiger partial charge in [0.1, 0.15) is 0 Å². The molecular weight excluding hydrogens is 414 g/mol. The lowest BCUT2D eigenvalue weighted by Crippen LogP contribution is -2.60. The molecule has 0 radical (unpaired) electrons. The molecule has 8 heteroatoms. The molecule has 2 aliphatic carbocycles. The summed E-state index contributed by atoms with van der Waals surface area (Å²) in [6.45, 7) is 0.988. The van der Waals surface area contributed by atoms with E-state index in [0.29, 0.717) is 19.1 Å². The van der Waals surface area contributed by atoms with Gasteiger partial charge in [0, 0.05) is 19.6 Å². The second kappa shape index (κ2) is 9.88. The Kier molecular flexibility index (Phi) is 7.19. The van der Waals surface area contributed by atoms with Crippen molar-refractivity contribution < 1.29 is 17.9 Å². The monoisotopic (exact) mass is 449 g/mol. The van der Waals surface area contributed by atoms with E-state index < -0.39 is 10.0 Å². The summed E-state index contributed by atoms with van der Waals surface area (Å²) in [7, 11) is -1.71. The van der Waals surface area contributed by atoms with E-state index in [1.165, 1.54) is 5.56 Å². The largest absolute Gasteiger partial charge is 0.376 e. The molecule has 0 spiro atoms. The van der Waals surface area contributed by atoms with Crippen LogP contribution in [-0.2, 0) is 14.8 Å². The quantitative estimate of drug-likeness (QED) is 0.670. The Balaban J connectivity index is 1.36. The van der Waals surface area contributed by atoms with E-state index in [0.717, 1.165) is 51.4 Å². The first kappa shape index (κ1) is 22.6. The second-order valence-corrected chi connectivity index (χ2v) is 11.1. The van der Waals surface area contributed by atoms with E-state index in [2.05, 4.69) is 40.4 Å². The number of hydrogen-bond donors (Lipinski definition) is 2. The fourth-order valence-corrected chi connectivity index (χ4v) is 6.65. The molecule has 172 valence electrons. The molecule has 1 aliphatic heterocycles. The molecule has 1 saturated heterocycles. The highest BCUT2D eigenvalue weighted by Gasteiger charge is 2.42. The molecule has 7 nitrogen and oxygen atoms in total. The molecule has 3 fully saturated rings. The topological polar surface area (TPSA) is 87.7 Å². The number of benzene rings is 1. The average Bonchev–Trinajstić information content (AvgIpc) is 3.65. The maximum absolute atomic E-state index is 12.6. The van der Waals surface area contributed by atoms with Crippen molar-refractivity contribution in [1.82, 2.24) is 14.9 Å². The highest BCUT2D eigenvalue weighted by molar-refractivity contribution is 7.90. The van der Waals surface area contributed by atoms with E-state index >= 15 is 0 Å². The minimum Gasteiger partial charge on any atom is -0.376 e. The van der Waals surface area contributed by atoms with Crippen molar-refractivity contribution in [2.24, 2.45) is 0 Å². The highest BCUT2D eigenvalue weighted by Crippen LogP contribution is 2.34. The summed E-state index contributed by atoms with van der Waals surface area (Å²) < 4.78 is 34.3. The number of amides is 2.